The predicted molar refractivity (Wildman–Crippen MR) is 279 cm³/mol. The Morgan fingerprint density at radius 3 is 0.800 bits per heavy atom. The van der Waals surface area contributed by atoms with Gasteiger partial charge in [0.1, 0.15) is 13.2 Å². The Labute approximate surface area is 406 Å². The molecule has 0 aliphatic rings. The summed E-state index contributed by atoms with van der Waals surface area (Å²) < 4.78 is 16.9. The average Bonchev–Trinajstić information content (AvgIpc) is 3.29. The first kappa shape index (κ1) is 63.4. The molecular formula is C59H114O6. The zero-order chi connectivity index (χ0) is 47.7. The molecule has 0 aromatic heterocycles. The Kier molecular flexibility index (Phi) is 49.1. The van der Waals surface area contributed by atoms with Crippen molar-refractivity contribution in [2.45, 2.75) is 330 Å². The van der Waals surface area contributed by atoms with Gasteiger partial charge in [0.2, 0.25) is 0 Å². The van der Waals surface area contributed by atoms with Crippen LogP contribution >= 0.6 is 0 Å². The van der Waals surface area contributed by atoms with Crippen LogP contribution in [0.4, 0.5) is 0 Å². The van der Waals surface area contributed by atoms with Gasteiger partial charge in [-0.05, 0) is 37.0 Å². The van der Waals surface area contributed by atoms with Crippen LogP contribution in [-0.4, -0.2) is 37.2 Å². The summed E-state index contributed by atoms with van der Waals surface area (Å²) in [5, 5.41) is 0. The van der Waals surface area contributed by atoms with E-state index in [0.717, 1.165) is 75.5 Å². The zero-order valence-corrected chi connectivity index (χ0v) is 44.8. The third-order valence-electron chi connectivity index (χ3n) is 14.1. The minimum absolute atomic E-state index is 0.0645. The summed E-state index contributed by atoms with van der Waals surface area (Å²) in [6.45, 7) is 13.8. The molecule has 0 rings (SSSR count). The van der Waals surface area contributed by atoms with Crippen molar-refractivity contribution in [1.82, 2.24) is 0 Å². The van der Waals surface area contributed by atoms with E-state index in [1.165, 1.54) is 205 Å². The highest BCUT2D eigenvalue weighted by molar-refractivity contribution is 5.71. The summed E-state index contributed by atoms with van der Waals surface area (Å²) >= 11 is 0. The number of ether oxygens (including phenoxy) is 3. The largest absolute Gasteiger partial charge is 0.462 e. The van der Waals surface area contributed by atoms with Crippen LogP contribution < -0.4 is 0 Å². The Morgan fingerprint density at radius 2 is 0.538 bits per heavy atom. The molecule has 0 fully saturated rings. The van der Waals surface area contributed by atoms with Gasteiger partial charge in [-0.25, -0.2) is 0 Å². The fourth-order valence-corrected chi connectivity index (χ4v) is 8.93. The molecule has 0 N–H and O–H groups in total. The van der Waals surface area contributed by atoms with Gasteiger partial charge < -0.3 is 14.2 Å². The van der Waals surface area contributed by atoms with E-state index in [-0.39, 0.29) is 31.1 Å². The van der Waals surface area contributed by atoms with Crippen LogP contribution in [0.1, 0.15) is 324 Å². The highest BCUT2D eigenvalue weighted by Gasteiger charge is 2.19. The molecule has 0 heterocycles. The van der Waals surface area contributed by atoms with Gasteiger partial charge in [0, 0.05) is 19.3 Å². The molecule has 0 amide bonds. The van der Waals surface area contributed by atoms with E-state index in [0.29, 0.717) is 19.3 Å². The lowest BCUT2D eigenvalue weighted by Crippen LogP contribution is -2.30. The molecular weight excluding hydrogens is 805 g/mol. The summed E-state index contributed by atoms with van der Waals surface area (Å²) in [5.74, 6) is 1.71. The average molecular weight is 920 g/mol. The van der Waals surface area contributed by atoms with E-state index in [1.807, 2.05) is 0 Å². The van der Waals surface area contributed by atoms with Crippen molar-refractivity contribution in [3.05, 3.63) is 0 Å². The molecule has 386 valence electrons. The van der Waals surface area contributed by atoms with E-state index in [9.17, 15) is 14.4 Å². The Balaban J connectivity index is 4.22. The fraction of sp³-hybridized carbons (Fsp3) is 0.949. The second-order valence-corrected chi connectivity index (χ2v) is 21.2. The second kappa shape index (κ2) is 50.3. The van der Waals surface area contributed by atoms with Gasteiger partial charge in [0.15, 0.2) is 6.10 Å². The van der Waals surface area contributed by atoms with Crippen LogP contribution in [0.3, 0.4) is 0 Å². The molecule has 6 nitrogen and oxygen atoms in total. The third kappa shape index (κ3) is 50.1. The van der Waals surface area contributed by atoms with E-state index in [4.69, 9.17) is 14.2 Å². The summed E-state index contributed by atoms with van der Waals surface area (Å²) in [6, 6.07) is 0. The molecule has 0 aromatic carbocycles. The zero-order valence-electron chi connectivity index (χ0n) is 44.8. The first-order valence-corrected chi connectivity index (χ1v) is 29.2. The number of esters is 3. The first-order chi connectivity index (χ1) is 31.7. The lowest BCUT2D eigenvalue weighted by atomic mass is 9.99. The van der Waals surface area contributed by atoms with Gasteiger partial charge >= 0.3 is 17.9 Å². The maximum absolute atomic E-state index is 12.8. The Hall–Kier alpha value is -1.59. The van der Waals surface area contributed by atoms with Crippen molar-refractivity contribution < 1.29 is 28.6 Å². The monoisotopic (exact) mass is 919 g/mol. The van der Waals surface area contributed by atoms with E-state index in [1.54, 1.807) is 0 Å². The smallest absolute Gasteiger partial charge is 0.306 e. The quantitative estimate of drug-likeness (QED) is 0.0344. The highest BCUT2D eigenvalue weighted by Crippen LogP contribution is 2.19. The molecule has 0 aliphatic heterocycles. The van der Waals surface area contributed by atoms with Crippen molar-refractivity contribution in [2.24, 2.45) is 17.8 Å². The van der Waals surface area contributed by atoms with E-state index >= 15 is 0 Å². The molecule has 2 unspecified atom stereocenters. The van der Waals surface area contributed by atoms with Crippen LogP contribution in [0, 0.1) is 17.8 Å². The SMILES string of the molecule is CCC(C)CCCCCCCCCCCCCCCCC(=O)OC[C@@H](COC(=O)CCCCCCCCCCCCCCCCCCC(C)C)OC(=O)CCCCCCCCC(C)CC. The van der Waals surface area contributed by atoms with Gasteiger partial charge in [-0.3, -0.25) is 14.4 Å². The van der Waals surface area contributed by atoms with Crippen LogP contribution in [0.5, 0.6) is 0 Å². The summed E-state index contributed by atoms with van der Waals surface area (Å²) in [6.07, 6.45) is 52.4. The molecule has 65 heavy (non-hydrogen) atoms. The number of hydrogen-bond donors (Lipinski definition) is 0. The Morgan fingerprint density at radius 1 is 0.308 bits per heavy atom. The molecule has 0 aliphatic carbocycles. The standard InChI is InChI=1S/C59H114O6/c1-7-54(5)46-40-34-28-24-20-16-13-14-18-22-26-30-37-43-49-58(61)64-52-56(65-59(62)50-44-38-32-31-35-41-47-55(6)8-2)51-63-57(60)48-42-36-29-25-21-17-12-10-9-11-15-19-23-27-33-39-45-53(3)4/h53-56H,7-52H2,1-6H3/t54?,55?,56-/m1/s1. The summed E-state index contributed by atoms with van der Waals surface area (Å²) in [4.78, 5) is 38.1. The maximum Gasteiger partial charge on any atom is 0.306 e. The lowest BCUT2D eigenvalue weighted by molar-refractivity contribution is -0.167. The molecule has 0 spiro atoms. The lowest BCUT2D eigenvalue weighted by Gasteiger charge is -2.18. The summed E-state index contributed by atoms with van der Waals surface area (Å²) in [7, 11) is 0. The van der Waals surface area contributed by atoms with Crippen LogP contribution in [0.25, 0.3) is 0 Å². The molecule has 0 saturated heterocycles. The van der Waals surface area contributed by atoms with Gasteiger partial charge in [-0.2, -0.15) is 0 Å². The fourth-order valence-electron chi connectivity index (χ4n) is 8.93. The minimum atomic E-state index is -0.764. The van der Waals surface area contributed by atoms with Gasteiger partial charge in [-0.15, -0.1) is 0 Å². The predicted octanol–water partition coefficient (Wildman–Crippen LogP) is 19.1. The van der Waals surface area contributed by atoms with E-state index < -0.39 is 6.10 Å². The van der Waals surface area contributed by atoms with Crippen LogP contribution in [0.15, 0.2) is 0 Å². The number of carbonyl (C=O) groups excluding carboxylic acids is 3. The first-order valence-electron chi connectivity index (χ1n) is 29.2. The molecule has 0 saturated carbocycles. The summed E-state index contributed by atoms with van der Waals surface area (Å²) in [5.41, 5.74) is 0. The van der Waals surface area contributed by atoms with Crippen LogP contribution in [-0.2, 0) is 28.6 Å². The van der Waals surface area contributed by atoms with Crippen molar-refractivity contribution >= 4 is 17.9 Å². The van der Waals surface area contributed by atoms with Gasteiger partial charge in [0.25, 0.3) is 0 Å². The number of rotatable bonds is 52. The maximum atomic E-state index is 12.8. The van der Waals surface area contributed by atoms with Gasteiger partial charge in [0.05, 0.1) is 0 Å². The molecule has 6 heteroatoms. The number of carbonyl (C=O) groups is 3. The third-order valence-corrected chi connectivity index (χ3v) is 14.1. The second-order valence-electron chi connectivity index (χ2n) is 21.2. The number of unbranched alkanes of at least 4 members (excludes halogenated alkanes) is 33. The van der Waals surface area contributed by atoms with Crippen molar-refractivity contribution in [3.8, 4) is 0 Å². The normalized spacial score (nSPS) is 13.0. The van der Waals surface area contributed by atoms with Gasteiger partial charge in [-0.1, -0.05) is 286 Å². The van der Waals surface area contributed by atoms with E-state index in [2.05, 4.69) is 41.5 Å². The molecule has 0 radical (unpaired) electrons. The molecule has 3 atom stereocenters. The minimum Gasteiger partial charge on any atom is -0.462 e. The van der Waals surface area contributed by atoms with Crippen LogP contribution in [0.2, 0.25) is 0 Å². The van der Waals surface area contributed by atoms with Crippen molar-refractivity contribution in [1.29, 1.82) is 0 Å². The van der Waals surface area contributed by atoms with Crippen molar-refractivity contribution in [2.75, 3.05) is 13.2 Å². The van der Waals surface area contributed by atoms with Crippen molar-refractivity contribution in [3.63, 3.8) is 0 Å². The highest BCUT2D eigenvalue weighted by atomic mass is 16.6. The topological polar surface area (TPSA) is 78.9 Å². The Bertz CT molecular complexity index is 1010. The number of hydrogen-bond acceptors (Lipinski definition) is 6. The molecule has 0 bridgehead atoms. The molecule has 0 aromatic rings.